The molecule has 1 aliphatic rings. The molecule has 0 nitrogen and oxygen atoms in total. The molecule has 0 aromatic heterocycles. The van der Waals surface area contributed by atoms with E-state index in [9.17, 15) is 0 Å². The Morgan fingerprint density at radius 3 is 2.40 bits per heavy atom. The van der Waals surface area contributed by atoms with Crippen LogP contribution in [0, 0.1) is 11.8 Å². The van der Waals surface area contributed by atoms with E-state index in [0.717, 1.165) is 11.8 Å². The molecule has 1 fully saturated rings. The molecule has 0 heteroatoms. The lowest BCUT2D eigenvalue weighted by Gasteiger charge is -2.42. The third-order valence-corrected chi connectivity index (χ3v) is 4.43. The van der Waals surface area contributed by atoms with Crippen molar-refractivity contribution in [3.05, 3.63) is 35.9 Å². The molecule has 2 rings (SSSR count). The fraction of sp³-hybridized carbons (Fsp3) is 0.600. The van der Waals surface area contributed by atoms with Crippen molar-refractivity contribution in [3.8, 4) is 0 Å². The van der Waals surface area contributed by atoms with Gasteiger partial charge in [-0.25, -0.2) is 0 Å². The Morgan fingerprint density at radius 2 is 1.80 bits per heavy atom. The molecule has 0 spiro atoms. The molecule has 0 saturated heterocycles. The summed E-state index contributed by atoms with van der Waals surface area (Å²) in [7, 11) is 0. The molecule has 3 atom stereocenters. The summed E-state index contributed by atoms with van der Waals surface area (Å²) in [5.74, 6) is 1.72. The largest absolute Gasteiger partial charge is 0.0625 e. The van der Waals surface area contributed by atoms with Gasteiger partial charge in [-0.1, -0.05) is 51.1 Å². The first-order valence-corrected chi connectivity index (χ1v) is 6.18. The second-order valence-corrected chi connectivity index (χ2v) is 5.56. The summed E-state index contributed by atoms with van der Waals surface area (Å²) in [5, 5.41) is 0. The zero-order valence-electron chi connectivity index (χ0n) is 10.2. The van der Waals surface area contributed by atoms with E-state index in [2.05, 4.69) is 51.1 Å². The lowest BCUT2D eigenvalue weighted by atomic mass is 9.62. The smallest absolute Gasteiger partial charge is 0.00495 e. The Kier molecular flexibility index (Phi) is 2.86. The molecule has 1 aliphatic carbocycles. The SMILES string of the molecule is CC1CCC(C)(c2ccccc2)C(C)C1. The molecule has 15 heavy (non-hydrogen) atoms. The summed E-state index contributed by atoms with van der Waals surface area (Å²) in [6.07, 6.45) is 4.11. The predicted molar refractivity (Wildman–Crippen MR) is 66.0 cm³/mol. The molecule has 0 aliphatic heterocycles. The van der Waals surface area contributed by atoms with Gasteiger partial charge in [0.15, 0.2) is 0 Å². The van der Waals surface area contributed by atoms with Gasteiger partial charge in [0.2, 0.25) is 0 Å². The fourth-order valence-electron chi connectivity index (χ4n) is 3.02. The monoisotopic (exact) mass is 202 g/mol. The number of hydrogen-bond acceptors (Lipinski definition) is 0. The molecular formula is C15H22. The minimum Gasteiger partial charge on any atom is -0.0625 e. The molecule has 0 amide bonds. The van der Waals surface area contributed by atoms with Gasteiger partial charge in [0, 0.05) is 0 Å². The summed E-state index contributed by atoms with van der Waals surface area (Å²) in [6.45, 7) is 7.25. The Bertz CT molecular complexity index is 314. The highest BCUT2D eigenvalue weighted by Crippen LogP contribution is 2.44. The maximum Gasteiger partial charge on any atom is -0.00495 e. The third kappa shape index (κ3) is 1.95. The Morgan fingerprint density at radius 1 is 1.13 bits per heavy atom. The maximum absolute atomic E-state index is 2.44. The van der Waals surface area contributed by atoms with Crippen molar-refractivity contribution < 1.29 is 0 Å². The fourth-order valence-corrected chi connectivity index (χ4v) is 3.02. The molecule has 1 saturated carbocycles. The summed E-state index contributed by atoms with van der Waals surface area (Å²) in [5.41, 5.74) is 1.94. The first-order valence-electron chi connectivity index (χ1n) is 6.18. The van der Waals surface area contributed by atoms with Crippen LogP contribution >= 0.6 is 0 Å². The van der Waals surface area contributed by atoms with Crippen molar-refractivity contribution in [3.63, 3.8) is 0 Å². The minimum atomic E-state index is 0.410. The van der Waals surface area contributed by atoms with Crippen LogP contribution in [0.5, 0.6) is 0 Å². The average molecular weight is 202 g/mol. The summed E-state index contributed by atoms with van der Waals surface area (Å²) in [6, 6.07) is 11.1. The van der Waals surface area contributed by atoms with Crippen molar-refractivity contribution >= 4 is 0 Å². The van der Waals surface area contributed by atoms with Crippen molar-refractivity contribution in [1.82, 2.24) is 0 Å². The second-order valence-electron chi connectivity index (χ2n) is 5.56. The van der Waals surface area contributed by atoms with Crippen LogP contribution in [0.3, 0.4) is 0 Å². The van der Waals surface area contributed by atoms with Crippen LogP contribution in [0.2, 0.25) is 0 Å². The van der Waals surface area contributed by atoms with E-state index in [1.807, 2.05) is 0 Å². The molecule has 1 aromatic rings. The highest BCUT2D eigenvalue weighted by atomic mass is 14.4. The van der Waals surface area contributed by atoms with Gasteiger partial charge in [-0.2, -0.15) is 0 Å². The van der Waals surface area contributed by atoms with E-state index in [4.69, 9.17) is 0 Å². The average Bonchev–Trinajstić information content (AvgIpc) is 2.25. The minimum absolute atomic E-state index is 0.410. The number of hydrogen-bond donors (Lipinski definition) is 0. The highest BCUT2D eigenvalue weighted by molar-refractivity contribution is 5.26. The third-order valence-electron chi connectivity index (χ3n) is 4.43. The Balaban J connectivity index is 2.27. The molecule has 0 bridgehead atoms. The van der Waals surface area contributed by atoms with Crippen LogP contribution in [0.15, 0.2) is 30.3 Å². The number of benzene rings is 1. The lowest BCUT2D eigenvalue weighted by Crippen LogP contribution is -2.35. The van der Waals surface area contributed by atoms with Gasteiger partial charge in [-0.3, -0.25) is 0 Å². The van der Waals surface area contributed by atoms with Gasteiger partial charge in [-0.15, -0.1) is 0 Å². The van der Waals surface area contributed by atoms with E-state index < -0.39 is 0 Å². The highest BCUT2D eigenvalue weighted by Gasteiger charge is 2.37. The van der Waals surface area contributed by atoms with Crippen LogP contribution in [0.25, 0.3) is 0 Å². The van der Waals surface area contributed by atoms with Crippen LogP contribution in [0.4, 0.5) is 0 Å². The molecule has 82 valence electrons. The van der Waals surface area contributed by atoms with E-state index in [0.29, 0.717) is 5.41 Å². The van der Waals surface area contributed by atoms with Crippen molar-refractivity contribution in [2.75, 3.05) is 0 Å². The van der Waals surface area contributed by atoms with Gasteiger partial charge in [-0.05, 0) is 42.1 Å². The molecule has 1 aromatic carbocycles. The zero-order valence-corrected chi connectivity index (χ0v) is 10.2. The van der Waals surface area contributed by atoms with Gasteiger partial charge >= 0.3 is 0 Å². The molecule has 0 N–H and O–H groups in total. The second kappa shape index (κ2) is 4.00. The van der Waals surface area contributed by atoms with Crippen molar-refractivity contribution in [2.45, 2.75) is 45.4 Å². The quantitative estimate of drug-likeness (QED) is 0.633. The van der Waals surface area contributed by atoms with Gasteiger partial charge in [0.1, 0.15) is 0 Å². The van der Waals surface area contributed by atoms with Crippen molar-refractivity contribution in [2.24, 2.45) is 11.8 Å². The Labute approximate surface area is 93.7 Å². The van der Waals surface area contributed by atoms with E-state index in [1.165, 1.54) is 24.8 Å². The first kappa shape index (κ1) is 10.7. The molecular weight excluding hydrogens is 180 g/mol. The predicted octanol–water partition coefficient (Wildman–Crippen LogP) is 4.40. The van der Waals surface area contributed by atoms with E-state index in [-0.39, 0.29) is 0 Å². The first-order chi connectivity index (χ1) is 7.13. The number of rotatable bonds is 1. The summed E-state index contributed by atoms with van der Waals surface area (Å²) >= 11 is 0. The topological polar surface area (TPSA) is 0 Å². The zero-order chi connectivity index (χ0) is 10.9. The maximum atomic E-state index is 2.44. The molecule has 3 unspecified atom stereocenters. The van der Waals surface area contributed by atoms with Crippen LogP contribution < -0.4 is 0 Å². The molecule has 0 radical (unpaired) electrons. The molecule has 0 heterocycles. The van der Waals surface area contributed by atoms with E-state index in [1.54, 1.807) is 0 Å². The van der Waals surface area contributed by atoms with Crippen LogP contribution in [-0.4, -0.2) is 0 Å². The lowest BCUT2D eigenvalue weighted by molar-refractivity contribution is 0.176. The van der Waals surface area contributed by atoms with E-state index >= 15 is 0 Å². The Hall–Kier alpha value is -0.780. The van der Waals surface area contributed by atoms with Crippen molar-refractivity contribution in [1.29, 1.82) is 0 Å². The van der Waals surface area contributed by atoms with Gasteiger partial charge in [0.05, 0.1) is 0 Å². The van der Waals surface area contributed by atoms with Gasteiger partial charge < -0.3 is 0 Å². The van der Waals surface area contributed by atoms with Gasteiger partial charge in [0.25, 0.3) is 0 Å². The standard InChI is InChI=1S/C15H22/c1-12-9-10-15(3,13(2)11-12)14-7-5-4-6-8-14/h4-8,12-13H,9-11H2,1-3H3. The summed E-state index contributed by atoms with van der Waals surface area (Å²) < 4.78 is 0. The van der Waals surface area contributed by atoms with Crippen LogP contribution in [-0.2, 0) is 5.41 Å². The summed E-state index contributed by atoms with van der Waals surface area (Å²) in [4.78, 5) is 0. The normalized spacial score (nSPS) is 36.5. The van der Waals surface area contributed by atoms with Crippen LogP contribution in [0.1, 0.15) is 45.6 Å².